The second kappa shape index (κ2) is 7.94. The van der Waals surface area contributed by atoms with Gasteiger partial charge in [0.05, 0.1) is 18.3 Å². The zero-order valence-electron chi connectivity index (χ0n) is 14.5. The molecule has 4 unspecified atom stereocenters. The Bertz CT molecular complexity index is 304. The van der Waals surface area contributed by atoms with Gasteiger partial charge in [0, 0.05) is 18.6 Å². The molecule has 0 aromatic rings. The Labute approximate surface area is 131 Å². The minimum Gasteiger partial charge on any atom is -0.381 e. The Balaban J connectivity index is 1.90. The van der Waals surface area contributed by atoms with E-state index in [1.165, 1.54) is 44.9 Å². The molecule has 21 heavy (non-hydrogen) atoms. The third-order valence-electron chi connectivity index (χ3n) is 6.01. The first-order valence-electron chi connectivity index (χ1n) is 9.11. The lowest BCUT2D eigenvalue weighted by atomic mass is 9.58. The van der Waals surface area contributed by atoms with Gasteiger partial charge in [0.2, 0.25) is 0 Å². The minimum atomic E-state index is 0.356. The molecule has 1 N–H and O–H groups in total. The van der Waals surface area contributed by atoms with Gasteiger partial charge in [-0.25, -0.2) is 0 Å². The van der Waals surface area contributed by atoms with Crippen LogP contribution in [-0.2, 0) is 9.47 Å². The van der Waals surface area contributed by atoms with Crippen LogP contribution in [0.3, 0.4) is 0 Å². The largest absolute Gasteiger partial charge is 0.381 e. The molecular weight excluding hydrogens is 262 g/mol. The summed E-state index contributed by atoms with van der Waals surface area (Å²) in [5, 5.41) is 3.74. The Morgan fingerprint density at radius 3 is 2.38 bits per heavy atom. The van der Waals surface area contributed by atoms with Gasteiger partial charge in [0.15, 0.2) is 0 Å². The molecule has 0 amide bonds. The second-order valence-corrected chi connectivity index (χ2v) is 6.95. The fraction of sp³-hybridized carbons (Fsp3) is 1.00. The summed E-state index contributed by atoms with van der Waals surface area (Å²) in [4.78, 5) is 0. The topological polar surface area (TPSA) is 30.5 Å². The molecule has 0 bridgehead atoms. The highest BCUT2D eigenvalue weighted by Gasteiger charge is 2.53. The van der Waals surface area contributed by atoms with Gasteiger partial charge in [0.1, 0.15) is 0 Å². The molecule has 2 saturated carbocycles. The predicted octanol–water partition coefficient (Wildman–Crippen LogP) is 3.91. The van der Waals surface area contributed by atoms with Crippen molar-refractivity contribution in [2.45, 2.75) is 96.5 Å². The second-order valence-electron chi connectivity index (χ2n) is 6.95. The van der Waals surface area contributed by atoms with Crippen LogP contribution in [0.25, 0.3) is 0 Å². The van der Waals surface area contributed by atoms with Crippen LogP contribution in [0.2, 0.25) is 0 Å². The highest BCUT2D eigenvalue weighted by atomic mass is 16.5. The fourth-order valence-electron chi connectivity index (χ4n) is 4.41. The van der Waals surface area contributed by atoms with Gasteiger partial charge < -0.3 is 14.8 Å². The van der Waals surface area contributed by atoms with Crippen LogP contribution in [0, 0.1) is 5.41 Å². The molecule has 2 fully saturated rings. The summed E-state index contributed by atoms with van der Waals surface area (Å²) in [6, 6.07) is 0.652. The molecule has 0 saturated heterocycles. The summed E-state index contributed by atoms with van der Waals surface area (Å²) in [5.74, 6) is 0. The van der Waals surface area contributed by atoms with Crippen LogP contribution >= 0.6 is 0 Å². The van der Waals surface area contributed by atoms with Gasteiger partial charge in [-0.05, 0) is 57.9 Å². The summed E-state index contributed by atoms with van der Waals surface area (Å²) < 4.78 is 12.1. The van der Waals surface area contributed by atoms with E-state index in [2.05, 4.69) is 26.1 Å². The molecule has 2 rings (SSSR count). The number of methoxy groups -OCH3 is 1. The Hall–Kier alpha value is -0.120. The maximum absolute atomic E-state index is 6.55. The van der Waals surface area contributed by atoms with Crippen molar-refractivity contribution in [3.8, 4) is 0 Å². The molecule has 0 aromatic heterocycles. The molecule has 124 valence electrons. The zero-order valence-corrected chi connectivity index (χ0v) is 14.5. The van der Waals surface area contributed by atoms with Crippen LogP contribution < -0.4 is 5.32 Å². The van der Waals surface area contributed by atoms with E-state index in [9.17, 15) is 0 Å². The summed E-state index contributed by atoms with van der Waals surface area (Å²) in [7, 11) is 1.84. The number of hydrogen-bond acceptors (Lipinski definition) is 3. The van der Waals surface area contributed by atoms with Crippen molar-refractivity contribution >= 4 is 0 Å². The van der Waals surface area contributed by atoms with Crippen LogP contribution in [0.15, 0.2) is 0 Å². The molecule has 4 atom stereocenters. The van der Waals surface area contributed by atoms with Gasteiger partial charge in [-0.3, -0.25) is 0 Å². The van der Waals surface area contributed by atoms with Crippen molar-refractivity contribution in [1.82, 2.24) is 5.32 Å². The quantitative estimate of drug-likeness (QED) is 0.737. The van der Waals surface area contributed by atoms with Gasteiger partial charge in [-0.15, -0.1) is 0 Å². The lowest BCUT2D eigenvalue weighted by Gasteiger charge is -2.57. The maximum atomic E-state index is 6.55. The fourth-order valence-corrected chi connectivity index (χ4v) is 4.41. The first-order chi connectivity index (χ1) is 10.2. The van der Waals surface area contributed by atoms with Crippen molar-refractivity contribution in [3.63, 3.8) is 0 Å². The minimum absolute atomic E-state index is 0.356. The zero-order chi connectivity index (χ0) is 15.3. The van der Waals surface area contributed by atoms with Gasteiger partial charge in [0.25, 0.3) is 0 Å². The smallest absolute Gasteiger partial charge is 0.0664 e. The van der Waals surface area contributed by atoms with E-state index in [0.717, 1.165) is 13.0 Å². The Kier molecular flexibility index (Phi) is 6.51. The number of rotatable bonds is 8. The summed E-state index contributed by atoms with van der Waals surface area (Å²) >= 11 is 0. The Morgan fingerprint density at radius 2 is 1.76 bits per heavy atom. The lowest BCUT2D eigenvalue weighted by Crippen LogP contribution is -2.64. The summed E-state index contributed by atoms with van der Waals surface area (Å²) in [6.45, 7) is 8.04. The van der Waals surface area contributed by atoms with Crippen LogP contribution in [0.1, 0.15) is 72.1 Å². The maximum Gasteiger partial charge on any atom is 0.0664 e. The molecule has 3 heteroatoms. The van der Waals surface area contributed by atoms with Gasteiger partial charge in [-0.1, -0.05) is 20.8 Å². The lowest BCUT2D eigenvalue weighted by molar-refractivity contribution is -0.179. The predicted molar refractivity (Wildman–Crippen MR) is 87.6 cm³/mol. The van der Waals surface area contributed by atoms with Gasteiger partial charge >= 0.3 is 0 Å². The highest BCUT2D eigenvalue weighted by Crippen LogP contribution is 2.50. The first-order valence-corrected chi connectivity index (χ1v) is 9.11. The Morgan fingerprint density at radius 1 is 1.05 bits per heavy atom. The van der Waals surface area contributed by atoms with E-state index in [1.807, 2.05) is 7.11 Å². The van der Waals surface area contributed by atoms with E-state index in [4.69, 9.17) is 9.47 Å². The molecule has 2 aliphatic rings. The molecule has 0 radical (unpaired) electrons. The van der Waals surface area contributed by atoms with Crippen molar-refractivity contribution in [3.05, 3.63) is 0 Å². The van der Waals surface area contributed by atoms with Crippen molar-refractivity contribution in [2.75, 3.05) is 13.7 Å². The molecular formula is C18H35NO2. The molecule has 0 aliphatic heterocycles. The number of ether oxygens (including phenoxy) is 2. The van der Waals surface area contributed by atoms with E-state index in [1.54, 1.807) is 0 Å². The van der Waals surface area contributed by atoms with Crippen LogP contribution in [0.4, 0.5) is 0 Å². The SMILES string of the molecule is CCCNC1CC(OC2CCCC(OC)C2)C1(CC)CC. The average Bonchev–Trinajstić information content (AvgIpc) is 2.51. The van der Waals surface area contributed by atoms with Gasteiger partial charge in [-0.2, -0.15) is 0 Å². The average molecular weight is 297 g/mol. The third kappa shape index (κ3) is 3.62. The first kappa shape index (κ1) is 17.2. The van der Waals surface area contributed by atoms with E-state index < -0.39 is 0 Å². The molecule has 0 aromatic carbocycles. The summed E-state index contributed by atoms with van der Waals surface area (Å²) in [6.07, 6.45) is 10.9. The third-order valence-corrected chi connectivity index (χ3v) is 6.01. The van der Waals surface area contributed by atoms with Crippen LogP contribution in [-0.4, -0.2) is 38.0 Å². The van der Waals surface area contributed by atoms with Crippen molar-refractivity contribution in [2.24, 2.45) is 5.41 Å². The highest BCUT2D eigenvalue weighted by molar-refractivity contribution is 5.07. The van der Waals surface area contributed by atoms with Crippen LogP contribution in [0.5, 0.6) is 0 Å². The number of nitrogens with one attached hydrogen (secondary N) is 1. The van der Waals surface area contributed by atoms with E-state index >= 15 is 0 Å². The molecule has 0 spiro atoms. The number of hydrogen-bond donors (Lipinski definition) is 1. The molecule has 0 heterocycles. The van der Waals surface area contributed by atoms with E-state index in [0.29, 0.717) is 29.8 Å². The summed E-state index contributed by atoms with van der Waals surface area (Å²) in [5.41, 5.74) is 0.356. The van der Waals surface area contributed by atoms with Crippen molar-refractivity contribution < 1.29 is 9.47 Å². The monoisotopic (exact) mass is 297 g/mol. The molecule has 2 aliphatic carbocycles. The van der Waals surface area contributed by atoms with E-state index in [-0.39, 0.29) is 0 Å². The standard InChI is InChI=1S/C18H35NO2/c1-5-11-19-16-13-17(18(16,6-2)7-3)21-15-10-8-9-14(12-15)20-4/h14-17,19H,5-13H2,1-4H3. The normalized spacial score (nSPS) is 35.4. The van der Waals surface area contributed by atoms with Crippen molar-refractivity contribution in [1.29, 1.82) is 0 Å². The molecule has 3 nitrogen and oxygen atoms in total.